The molecule has 2 heterocycles. The highest BCUT2D eigenvalue weighted by Crippen LogP contribution is 2.19. The van der Waals surface area contributed by atoms with Crippen molar-refractivity contribution in [3.8, 4) is 11.5 Å². The van der Waals surface area contributed by atoms with Crippen LogP contribution in [0, 0.1) is 0 Å². The number of carbonyl (C=O) groups is 1. The standard InChI is InChI=1S/C24H24ClN5O3/c1-17(2)18-6-8-21(9-7-18)32-15-29-11-10-23(28-29)24(31)27-20-13-26-30(14-20)16-33-22-5-3-4-19(25)12-22/h3-14,17H,15-16H2,1-2H3,(H,27,31). The van der Waals surface area contributed by atoms with Crippen LogP contribution < -0.4 is 14.8 Å². The van der Waals surface area contributed by atoms with E-state index in [2.05, 4.69) is 29.4 Å². The van der Waals surface area contributed by atoms with Crippen LogP contribution in [0.1, 0.15) is 35.8 Å². The number of aromatic nitrogens is 4. The number of carbonyl (C=O) groups excluding carboxylic acids is 1. The molecule has 4 rings (SSSR count). The number of hydrogen-bond acceptors (Lipinski definition) is 5. The average molecular weight is 466 g/mol. The Kier molecular flexibility index (Phi) is 6.95. The summed E-state index contributed by atoms with van der Waals surface area (Å²) >= 11 is 5.95. The number of anilines is 1. The molecular formula is C24H24ClN5O3. The van der Waals surface area contributed by atoms with Crippen LogP contribution in [0.15, 0.2) is 73.2 Å². The van der Waals surface area contributed by atoms with Gasteiger partial charge in [0, 0.05) is 11.2 Å². The van der Waals surface area contributed by atoms with Crippen molar-refractivity contribution < 1.29 is 14.3 Å². The van der Waals surface area contributed by atoms with Gasteiger partial charge < -0.3 is 14.8 Å². The zero-order valence-corrected chi connectivity index (χ0v) is 19.1. The Morgan fingerprint density at radius 2 is 1.79 bits per heavy atom. The molecule has 8 nitrogen and oxygen atoms in total. The first-order chi connectivity index (χ1) is 16.0. The highest BCUT2D eigenvalue weighted by atomic mass is 35.5. The lowest BCUT2D eigenvalue weighted by Crippen LogP contribution is -2.14. The molecule has 2 aromatic heterocycles. The van der Waals surface area contributed by atoms with E-state index in [9.17, 15) is 4.79 Å². The lowest BCUT2D eigenvalue weighted by Gasteiger charge is -2.09. The number of hydrogen-bond donors (Lipinski definition) is 1. The van der Waals surface area contributed by atoms with E-state index in [-0.39, 0.29) is 25.1 Å². The van der Waals surface area contributed by atoms with Crippen LogP contribution in [0.25, 0.3) is 0 Å². The van der Waals surface area contributed by atoms with Gasteiger partial charge in [-0.25, -0.2) is 9.36 Å². The van der Waals surface area contributed by atoms with Crippen molar-refractivity contribution in [2.24, 2.45) is 0 Å². The van der Waals surface area contributed by atoms with Crippen LogP contribution in [0.4, 0.5) is 5.69 Å². The SMILES string of the molecule is CC(C)c1ccc(OCn2ccc(C(=O)Nc3cnn(COc4cccc(Cl)c4)c3)n2)cc1. The van der Waals surface area contributed by atoms with E-state index >= 15 is 0 Å². The molecule has 2 aromatic carbocycles. The van der Waals surface area contributed by atoms with Gasteiger partial charge in [0.25, 0.3) is 5.91 Å². The van der Waals surface area contributed by atoms with E-state index in [0.29, 0.717) is 22.4 Å². The third kappa shape index (κ3) is 6.14. The molecule has 33 heavy (non-hydrogen) atoms. The summed E-state index contributed by atoms with van der Waals surface area (Å²) < 4.78 is 14.5. The van der Waals surface area contributed by atoms with Gasteiger partial charge in [-0.05, 0) is 47.9 Å². The quantitative estimate of drug-likeness (QED) is 0.368. The summed E-state index contributed by atoms with van der Waals surface area (Å²) in [6.07, 6.45) is 4.91. The minimum absolute atomic E-state index is 0.181. The summed E-state index contributed by atoms with van der Waals surface area (Å²) in [4.78, 5) is 12.5. The lowest BCUT2D eigenvalue weighted by molar-refractivity contribution is 0.102. The molecule has 170 valence electrons. The van der Waals surface area contributed by atoms with Crippen LogP contribution in [0.3, 0.4) is 0 Å². The van der Waals surface area contributed by atoms with Crippen LogP contribution >= 0.6 is 11.6 Å². The maximum Gasteiger partial charge on any atom is 0.276 e. The first kappa shape index (κ1) is 22.4. The fourth-order valence-electron chi connectivity index (χ4n) is 3.04. The van der Waals surface area contributed by atoms with Gasteiger partial charge in [0.05, 0.1) is 18.1 Å². The van der Waals surface area contributed by atoms with Crippen LogP contribution in [-0.4, -0.2) is 25.5 Å². The Balaban J connectivity index is 1.28. The number of ether oxygens (including phenoxy) is 2. The van der Waals surface area contributed by atoms with Gasteiger partial charge in [0.15, 0.2) is 19.2 Å². The molecule has 0 unspecified atom stereocenters. The number of rotatable bonds is 9. The Morgan fingerprint density at radius 3 is 2.55 bits per heavy atom. The molecule has 0 aliphatic carbocycles. The first-order valence-corrected chi connectivity index (χ1v) is 10.8. The highest BCUT2D eigenvalue weighted by molar-refractivity contribution is 6.30. The van der Waals surface area contributed by atoms with Gasteiger partial charge in [0.1, 0.15) is 11.5 Å². The monoisotopic (exact) mass is 465 g/mol. The Labute approximate surface area is 196 Å². The van der Waals surface area contributed by atoms with Crippen LogP contribution in [0.5, 0.6) is 11.5 Å². The van der Waals surface area contributed by atoms with Crippen molar-refractivity contribution in [1.82, 2.24) is 19.6 Å². The normalized spacial score (nSPS) is 10.9. The molecule has 0 atom stereocenters. The van der Waals surface area contributed by atoms with Gasteiger partial charge >= 0.3 is 0 Å². The molecule has 0 fully saturated rings. The third-order valence-electron chi connectivity index (χ3n) is 4.83. The first-order valence-electron chi connectivity index (χ1n) is 10.4. The zero-order chi connectivity index (χ0) is 23.2. The number of benzene rings is 2. The van der Waals surface area contributed by atoms with Crippen LogP contribution in [0.2, 0.25) is 5.02 Å². The van der Waals surface area contributed by atoms with E-state index in [1.165, 1.54) is 5.56 Å². The molecule has 1 N–H and O–H groups in total. The van der Waals surface area contributed by atoms with E-state index < -0.39 is 0 Å². The smallest absolute Gasteiger partial charge is 0.276 e. The van der Waals surface area contributed by atoms with E-state index in [4.69, 9.17) is 21.1 Å². The summed E-state index contributed by atoms with van der Waals surface area (Å²) in [6.45, 7) is 4.67. The second-order valence-corrected chi connectivity index (χ2v) is 8.13. The van der Waals surface area contributed by atoms with Crippen molar-refractivity contribution in [1.29, 1.82) is 0 Å². The van der Waals surface area contributed by atoms with Crippen molar-refractivity contribution in [2.75, 3.05) is 5.32 Å². The van der Waals surface area contributed by atoms with Crippen molar-refractivity contribution in [2.45, 2.75) is 33.2 Å². The highest BCUT2D eigenvalue weighted by Gasteiger charge is 2.11. The number of halogens is 1. The van der Waals surface area contributed by atoms with Crippen molar-refractivity contribution >= 4 is 23.2 Å². The molecule has 4 aromatic rings. The molecule has 1 amide bonds. The minimum Gasteiger partial charge on any atom is -0.471 e. The fraction of sp³-hybridized carbons (Fsp3) is 0.208. The van der Waals surface area contributed by atoms with Gasteiger partial charge in [-0.2, -0.15) is 10.2 Å². The van der Waals surface area contributed by atoms with Gasteiger partial charge in [-0.1, -0.05) is 43.6 Å². The van der Waals surface area contributed by atoms with E-state index in [1.54, 1.807) is 58.3 Å². The van der Waals surface area contributed by atoms with Gasteiger partial charge in [-0.15, -0.1) is 0 Å². The third-order valence-corrected chi connectivity index (χ3v) is 5.07. The minimum atomic E-state index is -0.342. The zero-order valence-electron chi connectivity index (χ0n) is 18.3. The summed E-state index contributed by atoms with van der Waals surface area (Å²) in [5.41, 5.74) is 2.06. The maximum atomic E-state index is 12.5. The second-order valence-electron chi connectivity index (χ2n) is 7.69. The van der Waals surface area contributed by atoms with Gasteiger partial charge in [0.2, 0.25) is 0 Å². The maximum absolute atomic E-state index is 12.5. The molecule has 0 aliphatic heterocycles. The second kappa shape index (κ2) is 10.2. The van der Waals surface area contributed by atoms with Crippen LogP contribution in [-0.2, 0) is 13.5 Å². The van der Waals surface area contributed by atoms with Crippen molar-refractivity contribution in [3.05, 3.63) is 89.5 Å². The predicted molar refractivity (Wildman–Crippen MR) is 126 cm³/mol. The Bertz CT molecular complexity index is 1220. The topological polar surface area (TPSA) is 83.2 Å². The fourth-order valence-corrected chi connectivity index (χ4v) is 3.22. The number of nitrogens with one attached hydrogen (secondary N) is 1. The molecule has 0 bridgehead atoms. The van der Waals surface area contributed by atoms with E-state index in [0.717, 1.165) is 5.75 Å². The lowest BCUT2D eigenvalue weighted by atomic mass is 10.0. The molecule has 0 saturated carbocycles. The molecule has 0 radical (unpaired) electrons. The Hall–Kier alpha value is -3.78. The predicted octanol–water partition coefficient (Wildman–Crippen LogP) is 5.18. The summed E-state index contributed by atoms with van der Waals surface area (Å²) in [7, 11) is 0. The number of nitrogens with zero attached hydrogens (tertiary/aromatic N) is 4. The molecule has 0 aliphatic rings. The van der Waals surface area contributed by atoms with Crippen molar-refractivity contribution in [3.63, 3.8) is 0 Å². The average Bonchev–Trinajstić information content (AvgIpc) is 3.46. The molecule has 0 saturated heterocycles. The Morgan fingerprint density at radius 1 is 1.03 bits per heavy atom. The summed E-state index contributed by atoms with van der Waals surface area (Å²) in [6, 6.07) is 16.7. The molecular weight excluding hydrogens is 442 g/mol. The molecule has 9 heteroatoms. The molecule has 0 spiro atoms. The summed E-state index contributed by atoms with van der Waals surface area (Å²) in [5, 5.41) is 11.8. The summed E-state index contributed by atoms with van der Waals surface area (Å²) in [5.74, 6) is 1.50. The largest absolute Gasteiger partial charge is 0.471 e. The van der Waals surface area contributed by atoms with E-state index in [1.807, 2.05) is 24.3 Å². The number of amides is 1. The van der Waals surface area contributed by atoms with Gasteiger partial charge in [-0.3, -0.25) is 4.79 Å².